The Morgan fingerprint density at radius 1 is 1.13 bits per heavy atom. The smallest absolute Gasteiger partial charge is 0.228 e. The Morgan fingerprint density at radius 3 is 2.57 bits per heavy atom. The Kier molecular flexibility index (Phi) is 7.54. The molecule has 2 aromatic heterocycles. The van der Waals surface area contributed by atoms with Gasteiger partial charge in [-0.3, -0.25) is 9.88 Å². The molecule has 0 amide bonds. The van der Waals surface area contributed by atoms with Gasteiger partial charge in [0.15, 0.2) is 5.82 Å². The Labute approximate surface area is 268 Å². The average Bonchev–Trinajstić information content (AvgIpc) is 3.62. The number of piperazine rings is 1. The van der Waals surface area contributed by atoms with Gasteiger partial charge < -0.3 is 15.1 Å². The van der Waals surface area contributed by atoms with Crippen LogP contribution in [0.2, 0.25) is 0 Å². The van der Waals surface area contributed by atoms with E-state index in [-0.39, 0.29) is 16.8 Å². The molecule has 3 aliphatic rings. The molecule has 8 nitrogen and oxygen atoms in total. The maximum absolute atomic E-state index is 17.1. The zero-order chi connectivity index (χ0) is 32.3. The van der Waals surface area contributed by atoms with Gasteiger partial charge in [0.25, 0.3) is 0 Å². The molecule has 236 valence electrons. The number of nitrogens with one attached hydrogen (secondary N) is 1. The van der Waals surface area contributed by atoms with Crippen LogP contribution in [0, 0.1) is 35.3 Å². The molecule has 0 spiro atoms. The Balaban J connectivity index is 1.45. The van der Waals surface area contributed by atoms with Gasteiger partial charge in [-0.05, 0) is 82.3 Å². The van der Waals surface area contributed by atoms with Gasteiger partial charge in [0, 0.05) is 62.0 Å². The minimum absolute atomic E-state index is 0.00403. The first-order valence-electron chi connectivity index (χ1n) is 16.0. The van der Waals surface area contributed by atoms with Crippen molar-refractivity contribution in [3.05, 3.63) is 53.2 Å². The molecule has 3 saturated heterocycles. The summed E-state index contributed by atoms with van der Waals surface area (Å²) in [4.78, 5) is 21.3. The van der Waals surface area contributed by atoms with E-state index in [9.17, 15) is 5.26 Å². The second-order valence-corrected chi connectivity index (χ2v) is 13.6. The summed E-state index contributed by atoms with van der Waals surface area (Å²) >= 11 is 0. The number of halogens is 2. The average molecular weight is 621 g/mol. The minimum Gasteiger partial charge on any atom is -0.357 e. The molecule has 2 aromatic carbocycles. The van der Waals surface area contributed by atoms with Gasteiger partial charge in [-0.2, -0.15) is 10.2 Å². The number of pyridine rings is 1. The highest BCUT2D eigenvalue weighted by Crippen LogP contribution is 2.40. The highest BCUT2D eigenvalue weighted by molar-refractivity contribution is 6.03. The third-order valence-electron chi connectivity index (χ3n) is 10.3. The fourth-order valence-electron chi connectivity index (χ4n) is 7.45. The standard InChI is InChI=1S/C36H38F2N8/c1-6-26-29(37)12-9-21-14-22(36(2,3)20-39)15-27(30(21)26)32-31(38)33-28(16-41-32)34(44(4)17-23-8-7-13-40-23)43-35(42-33)46-18-24-10-11-25(19-46)45(24)5/h1,9,12,14-16,23-25,40H,7-8,10-11,13,17-19H2,2-5H3/t23-,24?,25?/m0/s1. The molecule has 4 aromatic rings. The predicted octanol–water partition coefficient (Wildman–Crippen LogP) is 5.38. The zero-order valence-electron chi connectivity index (χ0n) is 26.7. The van der Waals surface area contributed by atoms with Crippen molar-refractivity contribution in [2.75, 3.05) is 50.1 Å². The highest BCUT2D eigenvalue weighted by atomic mass is 19.1. The van der Waals surface area contributed by atoms with Crippen LogP contribution >= 0.6 is 0 Å². The maximum atomic E-state index is 17.1. The largest absolute Gasteiger partial charge is 0.357 e. The second kappa shape index (κ2) is 11.5. The van der Waals surface area contributed by atoms with Crippen molar-refractivity contribution in [1.82, 2.24) is 25.2 Å². The van der Waals surface area contributed by atoms with E-state index in [4.69, 9.17) is 16.4 Å². The number of terminal acetylenes is 1. The van der Waals surface area contributed by atoms with Gasteiger partial charge in [-0.15, -0.1) is 6.42 Å². The lowest BCUT2D eigenvalue weighted by atomic mass is 9.82. The number of hydrogen-bond donors (Lipinski definition) is 1. The van der Waals surface area contributed by atoms with Crippen molar-refractivity contribution >= 4 is 33.4 Å². The van der Waals surface area contributed by atoms with Crippen LogP contribution in [0.15, 0.2) is 30.5 Å². The summed E-state index contributed by atoms with van der Waals surface area (Å²) in [5, 5.41) is 15.0. The molecule has 3 atom stereocenters. The van der Waals surface area contributed by atoms with Crippen LogP contribution in [0.1, 0.15) is 50.7 Å². The molecule has 46 heavy (non-hydrogen) atoms. The van der Waals surface area contributed by atoms with E-state index in [1.54, 1.807) is 32.2 Å². The number of anilines is 2. The number of rotatable bonds is 6. The first-order chi connectivity index (χ1) is 22.1. The molecule has 10 heteroatoms. The van der Waals surface area contributed by atoms with Crippen molar-refractivity contribution < 1.29 is 8.78 Å². The molecule has 0 saturated carbocycles. The second-order valence-electron chi connectivity index (χ2n) is 13.6. The van der Waals surface area contributed by atoms with Gasteiger partial charge in [0.2, 0.25) is 5.95 Å². The molecule has 2 unspecified atom stereocenters. The SMILES string of the molecule is C#Cc1c(F)ccc2cc(C(C)(C)C#N)cc(-c3ncc4c(N(C)C[C@@H]5CCCN5)nc(N5CC6CCC(C5)N6C)nc4c3F)c12. The lowest BCUT2D eigenvalue weighted by molar-refractivity contribution is 0.211. The van der Waals surface area contributed by atoms with Crippen molar-refractivity contribution in [1.29, 1.82) is 5.26 Å². The molecule has 0 radical (unpaired) electrons. The number of likely N-dealkylation sites (N-methyl/N-ethyl adjacent to an activating group) is 2. The van der Waals surface area contributed by atoms with Crippen molar-refractivity contribution in [3.63, 3.8) is 0 Å². The molecule has 3 aliphatic heterocycles. The molecule has 1 N–H and O–H groups in total. The summed E-state index contributed by atoms with van der Waals surface area (Å²) in [6.45, 7) is 6.81. The minimum atomic E-state index is -0.902. The number of aromatic nitrogens is 3. The van der Waals surface area contributed by atoms with Crippen LogP contribution in [0.5, 0.6) is 0 Å². The van der Waals surface area contributed by atoms with Crippen LogP contribution in [-0.4, -0.2) is 78.3 Å². The van der Waals surface area contributed by atoms with Crippen LogP contribution < -0.4 is 15.1 Å². The number of nitrogens with zero attached hydrogens (tertiary/aromatic N) is 7. The Bertz CT molecular complexity index is 1920. The summed E-state index contributed by atoms with van der Waals surface area (Å²) in [6.07, 6.45) is 11.8. The Hall–Kier alpha value is -4.38. The molecule has 5 heterocycles. The summed E-state index contributed by atoms with van der Waals surface area (Å²) in [6, 6.07) is 9.87. The van der Waals surface area contributed by atoms with Gasteiger partial charge >= 0.3 is 0 Å². The fraction of sp³-hybridized carbons (Fsp3) is 0.444. The molecular weight excluding hydrogens is 582 g/mol. The van der Waals surface area contributed by atoms with E-state index in [2.05, 4.69) is 44.0 Å². The predicted molar refractivity (Wildman–Crippen MR) is 178 cm³/mol. The number of nitriles is 1. The zero-order valence-corrected chi connectivity index (χ0v) is 26.7. The van der Waals surface area contributed by atoms with E-state index in [0.717, 1.165) is 45.3 Å². The lowest BCUT2D eigenvalue weighted by Crippen LogP contribution is -2.52. The van der Waals surface area contributed by atoms with E-state index >= 15 is 8.78 Å². The number of fused-ring (bicyclic) bond motifs is 4. The topological polar surface area (TPSA) is 84.2 Å². The van der Waals surface area contributed by atoms with Crippen LogP contribution in [0.25, 0.3) is 32.9 Å². The third kappa shape index (κ3) is 5.01. The molecule has 7 rings (SSSR count). The molecule has 2 bridgehead atoms. The monoisotopic (exact) mass is 620 g/mol. The molecular formula is C36H38F2N8. The normalized spacial score (nSPS) is 21.6. The van der Waals surface area contributed by atoms with E-state index in [0.29, 0.717) is 63.7 Å². The summed E-state index contributed by atoms with van der Waals surface area (Å²) in [5.74, 6) is 2.37. The fourth-order valence-corrected chi connectivity index (χ4v) is 7.45. The highest BCUT2D eigenvalue weighted by Gasteiger charge is 2.39. The maximum Gasteiger partial charge on any atom is 0.228 e. The molecule has 3 fully saturated rings. The van der Waals surface area contributed by atoms with Crippen molar-refractivity contribution in [2.24, 2.45) is 0 Å². The third-order valence-corrected chi connectivity index (χ3v) is 10.3. The van der Waals surface area contributed by atoms with E-state index in [1.165, 1.54) is 6.07 Å². The summed E-state index contributed by atoms with van der Waals surface area (Å²) < 4.78 is 32.2. The van der Waals surface area contributed by atoms with E-state index < -0.39 is 17.0 Å². The lowest BCUT2D eigenvalue weighted by Gasteiger charge is -2.39. The van der Waals surface area contributed by atoms with E-state index in [1.807, 2.05) is 13.1 Å². The van der Waals surface area contributed by atoms with Crippen molar-refractivity contribution in [3.8, 4) is 29.7 Å². The Morgan fingerprint density at radius 2 is 1.89 bits per heavy atom. The number of benzene rings is 2. The van der Waals surface area contributed by atoms with Crippen molar-refractivity contribution in [2.45, 2.75) is 63.1 Å². The first-order valence-corrected chi connectivity index (χ1v) is 16.0. The molecule has 0 aliphatic carbocycles. The number of hydrogen-bond acceptors (Lipinski definition) is 8. The van der Waals surface area contributed by atoms with Gasteiger partial charge in [-0.25, -0.2) is 13.8 Å². The van der Waals surface area contributed by atoms with Gasteiger partial charge in [0.1, 0.15) is 22.8 Å². The quantitative estimate of drug-likeness (QED) is 0.288. The summed E-state index contributed by atoms with van der Waals surface area (Å²) in [7, 11) is 4.15. The first kappa shape index (κ1) is 30.3. The van der Waals surface area contributed by atoms with Crippen LogP contribution in [0.4, 0.5) is 20.5 Å². The van der Waals surface area contributed by atoms with Gasteiger partial charge in [-0.1, -0.05) is 12.0 Å². The van der Waals surface area contributed by atoms with Gasteiger partial charge in [0.05, 0.1) is 22.4 Å². The summed E-state index contributed by atoms with van der Waals surface area (Å²) in [5.41, 5.74) is 0.250. The van der Waals surface area contributed by atoms with Crippen LogP contribution in [0.3, 0.4) is 0 Å². The van der Waals surface area contributed by atoms with Crippen LogP contribution in [-0.2, 0) is 5.41 Å².